The number of hydroxylamine groups is 1. The molecule has 3 rings (SSSR count). The molecular formula is C17H16N2O5S2. The average Bonchev–Trinajstić information content (AvgIpc) is 3.07. The summed E-state index contributed by atoms with van der Waals surface area (Å²) >= 11 is 1.56. The lowest BCUT2D eigenvalue weighted by atomic mass is 10.1. The molecule has 1 heterocycles. The first-order valence-electron chi connectivity index (χ1n) is 7.57. The molecule has 1 unspecified atom stereocenters. The Morgan fingerprint density at radius 2 is 1.85 bits per heavy atom. The Balaban J connectivity index is 1.84. The van der Waals surface area contributed by atoms with Crippen molar-refractivity contribution in [3.8, 4) is 5.75 Å². The lowest BCUT2D eigenvalue weighted by molar-refractivity contribution is -0.131. The largest absolute Gasteiger partial charge is 0.508 e. The normalized spacial score (nSPS) is 12.8. The van der Waals surface area contributed by atoms with Crippen LogP contribution < -0.4 is 10.2 Å². The maximum atomic E-state index is 12.5. The molecule has 0 aliphatic heterocycles. The predicted octanol–water partition coefficient (Wildman–Crippen LogP) is 2.27. The molecule has 0 saturated carbocycles. The van der Waals surface area contributed by atoms with Gasteiger partial charge < -0.3 is 5.11 Å². The summed E-state index contributed by atoms with van der Waals surface area (Å²) in [5.74, 6) is -1.26. The Hall–Kier alpha value is -2.46. The number of phenolic OH excluding ortho intramolecular Hbond substituents is 1. The number of carbonyl (C=O) groups is 1. The van der Waals surface area contributed by atoms with Gasteiger partial charge in [0.1, 0.15) is 11.8 Å². The van der Waals surface area contributed by atoms with Crippen LogP contribution in [0, 0.1) is 0 Å². The Kier molecular flexibility index (Phi) is 5.23. The summed E-state index contributed by atoms with van der Waals surface area (Å²) in [6.07, 6.45) is 0. The number of phenols is 1. The third-order valence-electron chi connectivity index (χ3n) is 3.77. The number of benzene rings is 2. The van der Waals surface area contributed by atoms with E-state index in [1.165, 1.54) is 29.7 Å². The number of fused-ring (bicyclic) bond motifs is 1. The molecule has 0 bridgehead atoms. The summed E-state index contributed by atoms with van der Waals surface area (Å²) < 4.78 is 28.4. The van der Waals surface area contributed by atoms with E-state index in [1.807, 2.05) is 17.5 Å². The molecule has 0 aliphatic carbocycles. The zero-order valence-electron chi connectivity index (χ0n) is 13.4. The van der Waals surface area contributed by atoms with Gasteiger partial charge in [-0.1, -0.05) is 18.2 Å². The van der Waals surface area contributed by atoms with Gasteiger partial charge in [0, 0.05) is 4.70 Å². The van der Waals surface area contributed by atoms with Crippen molar-refractivity contribution in [2.75, 3.05) is 0 Å². The summed E-state index contributed by atoms with van der Waals surface area (Å²) in [4.78, 5) is 11.9. The van der Waals surface area contributed by atoms with Crippen molar-refractivity contribution in [1.29, 1.82) is 0 Å². The summed E-state index contributed by atoms with van der Waals surface area (Å²) in [6.45, 7) is 0. The highest BCUT2D eigenvalue weighted by Crippen LogP contribution is 2.23. The fourth-order valence-electron chi connectivity index (χ4n) is 2.55. The van der Waals surface area contributed by atoms with E-state index in [2.05, 4.69) is 4.72 Å². The fraction of sp³-hybridized carbons (Fsp3) is 0.118. The van der Waals surface area contributed by atoms with Crippen LogP contribution in [0.4, 0.5) is 0 Å². The quantitative estimate of drug-likeness (QED) is 0.379. The van der Waals surface area contributed by atoms with Crippen molar-refractivity contribution in [2.45, 2.75) is 11.8 Å². The molecule has 0 spiro atoms. The maximum absolute atomic E-state index is 12.5. The van der Waals surface area contributed by atoms with Gasteiger partial charge in [-0.3, -0.25) is 10.0 Å². The number of sulfonamides is 1. The van der Waals surface area contributed by atoms with Gasteiger partial charge in [-0.2, -0.15) is 4.72 Å². The topological polar surface area (TPSA) is 116 Å². The number of rotatable bonds is 6. The van der Waals surface area contributed by atoms with E-state index in [4.69, 9.17) is 5.21 Å². The minimum Gasteiger partial charge on any atom is -0.508 e. The van der Waals surface area contributed by atoms with Crippen LogP contribution in [0.1, 0.15) is 17.2 Å². The molecule has 9 heteroatoms. The minimum atomic E-state index is -3.88. The molecule has 0 saturated heterocycles. The zero-order chi connectivity index (χ0) is 18.7. The maximum Gasteiger partial charge on any atom is 0.266 e. The van der Waals surface area contributed by atoms with Crippen molar-refractivity contribution in [3.63, 3.8) is 0 Å². The number of hydrogen-bond donors (Lipinski definition) is 4. The number of hydrogen-bond acceptors (Lipinski definition) is 6. The van der Waals surface area contributed by atoms with Gasteiger partial charge in [-0.15, -0.1) is 11.3 Å². The van der Waals surface area contributed by atoms with E-state index in [0.717, 1.165) is 10.1 Å². The molecule has 7 nitrogen and oxygen atoms in total. The van der Waals surface area contributed by atoms with Gasteiger partial charge in [-0.05, 0) is 52.2 Å². The van der Waals surface area contributed by atoms with E-state index in [0.29, 0.717) is 5.56 Å². The second-order valence-corrected chi connectivity index (χ2v) is 8.37. The first kappa shape index (κ1) is 18.3. The highest BCUT2D eigenvalue weighted by Gasteiger charge is 2.26. The van der Waals surface area contributed by atoms with Crippen LogP contribution in [-0.2, 0) is 20.6 Å². The van der Waals surface area contributed by atoms with E-state index in [9.17, 15) is 18.3 Å². The average molecular weight is 392 g/mol. The Morgan fingerprint density at radius 1 is 1.12 bits per heavy atom. The first-order chi connectivity index (χ1) is 12.4. The monoisotopic (exact) mass is 392 g/mol. The van der Waals surface area contributed by atoms with Crippen LogP contribution >= 0.6 is 11.3 Å². The van der Waals surface area contributed by atoms with E-state index in [-0.39, 0.29) is 17.1 Å². The lowest BCUT2D eigenvalue weighted by Gasteiger charge is -2.17. The van der Waals surface area contributed by atoms with Crippen LogP contribution in [0.2, 0.25) is 0 Å². The molecule has 1 atom stereocenters. The lowest BCUT2D eigenvalue weighted by Crippen LogP contribution is -2.39. The highest BCUT2D eigenvalue weighted by molar-refractivity contribution is 7.88. The number of carbonyl (C=O) groups excluding carboxylic acids is 1. The summed E-state index contributed by atoms with van der Waals surface area (Å²) in [5.41, 5.74) is 2.32. The summed E-state index contributed by atoms with van der Waals surface area (Å²) in [5, 5.41) is 21.1. The molecule has 2 aromatic carbocycles. The van der Waals surface area contributed by atoms with Crippen LogP contribution in [0.15, 0.2) is 53.9 Å². The Labute approximate surface area is 153 Å². The molecule has 3 aromatic rings. The predicted molar refractivity (Wildman–Crippen MR) is 98.4 cm³/mol. The van der Waals surface area contributed by atoms with Gasteiger partial charge in [-0.25, -0.2) is 13.9 Å². The smallest absolute Gasteiger partial charge is 0.266 e. The number of thiophene rings is 1. The molecule has 136 valence electrons. The number of amides is 1. The van der Waals surface area contributed by atoms with Gasteiger partial charge >= 0.3 is 0 Å². The second kappa shape index (κ2) is 7.42. The molecular weight excluding hydrogens is 376 g/mol. The van der Waals surface area contributed by atoms with Crippen LogP contribution in [-0.4, -0.2) is 24.6 Å². The van der Waals surface area contributed by atoms with E-state index < -0.39 is 22.0 Å². The van der Waals surface area contributed by atoms with Gasteiger partial charge in [0.05, 0.1) is 5.75 Å². The van der Waals surface area contributed by atoms with Crippen LogP contribution in [0.3, 0.4) is 0 Å². The van der Waals surface area contributed by atoms with Crippen molar-refractivity contribution in [3.05, 3.63) is 65.0 Å². The van der Waals surface area contributed by atoms with Gasteiger partial charge in [0.15, 0.2) is 0 Å². The highest BCUT2D eigenvalue weighted by atomic mass is 32.2. The Bertz CT molecular complexity index is 1030. The standard InChI is InChI=1S/C17H16N2O5S2/c20-14-4-2-12(3-5-14)16(17(21)18-22)19-26(23,24)10-11-1-6-15-13(9-11)7-8-25-15/h1-9,16,19-20,22H,10H2,(H,18,21). The second-order valence-electron chi connectivity index (χ2n) is 5.67. The van der Waals surface area contributed by atoms with Crippen molar-refractivity contribution in [2.24, 2.45) is 0 Å². The van der Waals surface area contributed by atoms with Gasteiger partial charge in [0.25, 0.3) is 5.91 Å². The van der Waals surface area contributed by atoms with Crippen LogP contribution in [0.5, 0.6) is 5.75 Å². The number of aromatic hydroxyl groups is 1. The van der Waals surface area contributed by atoms with Gasteiger partial charge in [0.2, 0.25) is 10.0 Å². The van der Waals surface area contributed by atoms with Crippen molar-refractivity contribution < 1.29 is 23.5 Å². The summed E-state index contributed by atoms with van der Waals surface area (Å²) in [6, 6.07) is 11.4. The summed E-state index contributed by atoms with van der Waals surface area (Å²) in [7, 11) is -3.88. The molecule has 0 aliphatic rings. The first-order valence-corrected chi connectivity index (χ1v) is 10.1. The molecule has 4 N–H and O–H groups in total. The van der Waals surface area contributed by atoms with E-state index >= 15 is 0 Å². The molecule has 26 heavy (non-hydrogen) atoms. The van der Waals surface area contributed by atoms with Crippen molar-refractivity contribution in [1.82, 2.24) is 10.2 Å². The van der Waals surface area contributed by atoms with Crippen molar-refractivity contribution >= 4 is 37.4 Å². The molecule has 1 aromatic heterocycles. The molecule has 0 radical (unpaired) electrons. The zero-order valence-corrected chi connectivity index (χ0v) is 15.0. The van der Waals surface area contributed by atoms with E-state index in [1.54, 1.807) is 23.5 Å². The third-order valence-corrected chi connectivity index (χ3v) is 5.98. The number of nitrogens with one attached hydrogen (secondary N) is 2. The fourth-order valence-corrected chi connectivity index (χ4v) is 4.63. The third kappa shape index (κ3) is 4.20. The minimum absolute atomic E-state index is 0.0242. The SMILES string of the molecule is O=C(NO)C(NS(=O)(=O)Cc1ccc2sccc2c1)c1ccc(O)cc1. The van der Waals surface area contributed by atoms with Crippen LogP contribution in [0.25, 0.3) is 10.1 Å². The Morgan fingerprint density at radius 3 is 2.54 bits per heavy atom. The molecule has 0 fully saturated rings. The molecule has 1 amide bonds.